The average Bonchev–Trinajstić information content (AvgIpc) is 3.42. The number of fused-ring (bicyclic) bond motifs is 1. The van der Waals surface area contributed by atoms with E-state index in [0.717, 1.165) is 28.5 Å². The summed E-state index contributed by atoms with van der Waals surface area (Å²) in [5, 5.41) is 12.2. The van der Waals surface area contributed by atoms with E-state index < -0.39 is 0 Å². The third-order valence-corrected chi connectivity index (χ3v) is 5.59. The van der Waals surface area contributed by atoms with Crippen LogP contribution < -0.4 is 19.5 Å². The highest BCUT2D eigenvalue weighted by Crippen LogP contribution is 2.32. The van der Waals surface area contributed by atoms with Gasteiger partial charge >= 0.3 is 0 Å². The minimum absolute atomic E-state index is 0.0775. The second-order valence-corrected chi connectivity index (χ2v) is 7.48. The molecule has 4 rings (SSSR count). The lowest BCUT2D eigenvalue weighted by atomic mass is 10.2. The van der Waals surface area contributed by atoms with Crippen LogP contribution in [0.1, 0.15) is 12.5 Å². The van der Waals surface area contributed by atoms with Crippen molar-refractivity contribution in [2.75, 3.05) is 19.7 Å². The molecule has 2 heterocycles. The van der Waals surface area contributed by atoms with E-state index in [1.807, 2.05) is 54.0 Å². The molecule has 8 nitrogen and oxygen atoms in total. The summed E-state index contributed by atoms with van der Waals surface area (Å²) in [5.74, 6) is 3.12. The highest BCUT2D eigenvalue weighted by Gasteiger charge is 2.16. The Morgan fingerprint density at radius 1 is 1.20 bits per heavy atom. The third-order valence-electron chi connectivity index (χ3n) is 4.62. The van der Waals surface area contributed by atoms with Crippen LogP contribution in [0, 0.1) is 0 Å². The van der Waals surface area contributed by atoms with Gasteiger partial charge in [0.05, 0.1) is 12.9 Å². The Bertz CT molecular complexity index is 1050. The second-order valence-electron chi connectivity index (χ2n) is 6.54. The van der Waals surface area contributed by atoms with Gasteiger partial charge in [0.2, 0.25) is 12.7 Å². The van der Waals surface area contributed by atoms with Crippen LogP contribution in [0.2, 0.25) is 0 Å². The number of ether oxygens (including phenoxy) is 3. The zero-order valence-corrected chi connectivity index (χ0v) is 17.6. The van der Waals surface area contributed by atoms with Crippen molar-refractivity contribution in [3.8, 4) is 28.6 Å². The summed E-state index contributed by atoms with van der Waals surface area (Å²) in [6, 6.07) is 13.3. The number of hydrogen-bond donors (Lipinski definition) is 1. The molecule has 1 aliphatic heterocycles. The number of amides is 1. The quantitative estimate of drug-likeness (QED) is 0.554. The molecule has 2 aromatic carbocycles. The first-order valence-electron chi connectivity index (χ1n) is 9.53. The van der Waals surface area contributed by atoms with E-state index in [9.17, 15) is 4.79 Å². The molecule has 0 fully saturated rings. The molecule has 0 bridgehead atoms. The molecule has 1 N–H and O–H groups in total. The van der Waals surface area contributed by atoms with E-state index in [1.54, 1.807) is 7.11 Å². The van der Waals surface area contributed by atoms with Gasteiger partial charge in [-0.3, -0.25) is 4.79 Å². The molecule has 0 aliphatic carbocycles. The fourth-order valence-corrected chi connectivity index (χ4v) is 3.92. The summed E-state index contributed by atoms with van der Waals surface area (Å²) in [6.45, 7) is 3.38. The predicted octanol–water partition coefficient (Wildman–Crippen LogP) is 3.11. The zero-order chi connectivity index (χ0) is 20.9. The highest BCUT2D eigenvalue weighted by atomic mass is 32.2. The van der Waals surface area contributed by atoms with E-state index in [0.29, 0.717) is 24.0 Å². The van der Waals surface area contributed by atoms with Crippen molar-refractivity contribution in [3.63, 3.8) is 0 Å². The molecule has 0 unspecified atom stereocenters. The summed E-state index contributed by atoms with van der Waals surface area (Å²) in [4.78, 5) is 12.3. The van der Waals surface area contributed by atoms with Crippen molar-refractivity contribution in [2.24, 2.45) is 0 Å². The van der Waals surface area contributed by atoms with Crippen LogP contribution in [0.3, 0.4) is 0 Å². The molecule has 9 heteroatoms. The Hall–Kier alpha value is -3.20. The van der Waals surface area contributed by atoms with Gasteiger partial charge in [-0.05, 0) is 36.8 Å². The van der Waals surface area contributed by atoms with Crippen LogP contribution >= 0.6 is 11.8 Å². The molecule has 156 valence electrons. The first kappa shape index (κ1) is 20.1. The smallest absolute Gasteiger partial charge is 0.231 e. The monoisotopic (exact) mass is 426 g/mol. The van der Waals surface area contributed by atoms with E-state index in [1.165, 1.54) is 11.8 Å². The Balaban J connectivity index is 1.36. The lowest BCUT2D eigenvalue weighted by Crippen LogP contribution is -2.24. The van der Waals surface area contributed by atoms with Gasteiger partial charge in [0.25, 0.3) is 0 Å². The molecule has 0 atom stereocenters. The molecular formula is C21H22N4O4S. The number of carbonyl (C=O) groups is 1. The molecule has 0 spiro atoms. The maximum atomic E-state index is 12.3. The largest absolute Gasteiger partial charge is 0.497 e. The van der Waals surface area contributed by atoms with Gasteiger partial charge in [-0.2, -0.15) is 0 Å². The fraction of sp³-hybridized carbons (Fsp3) is 0.286. The van der Waals surface area contributed by atoms with Crippen molar-refractivity contribution >= 4 is 17.7 Å². The van der Waals surface area contributed by atoms with Gasteiger partial charge in [0.15, 0.2) is 22.5 Å². The molecule has 0 saturated carbocycles. The zero-order valence-electron chi connectivity index (χ0n) is 16.8. The predicted molar refractivity (Wildman–Crippen MR) is 113 cm³/mol. The lowest BCUT2D eigenvalue weighted by molar-refractivity contribution is -0.118. The van der Waals surface area contributed by atoms with Crippen LogP contribution in [0.4, 0.5) is 0 Å². The van der Waals surface area contributed by atoms with Gasteiger partial charge < -0.3 is 24.1 Å². The SMILES string of the molecule is CCn1c(SCC(=O)NCc2ccc3c(c2)OCO3)nnc1-c1cccc(OC)c1. The molecule has 0 saturated heterocycles. The number of methoxy groups -OCH3 is 1. The van der Waals surface area contributed by atoms with Crippen LogP contribution in [0.15, 0.2) is 47.6 Å². The van der Waals surface area contributed by atoms with Gasteiger partial charge in [-0.25, -0.2) is 0 Å². The van der Waals surface area contributed by atoms with E-state index in [4.69, 9.17) is 14.2 Å². The fourth-order valence-electron chi connectivity index (χ4n) is 3.09. The molecule has 30 heavy (non-hydrogen) atoms. The summed E-state index contributed by atoms with van der Waals surface area (Å²) in [6.07, 6.45) is 0. The van der Waals surface area contributed by atoms with Crippen LogP contribution in [-0.2, 0) is 17.9 Å². The number of benzene rings is 2. The maximum absolute atomic E-state index is 12.3. The van der Waals surface area contributed by atoms with E-state index in [-0.39, 0.29) is 18.5 Å². The molecule has 0 radical (unpaired) electrons. The Morgan fingerprint density at radius 2 is 2.07 bits per heavy atom. The Morgan fingerprint density at radius 3 is 2.90 bits per heavy atom. The molecule has 1 amide bonds. The van der Waals surface area contributed by atoms with Crippen LogP contribution in [0.5, 0.6) is 17.2 Å². The van der Waals surface area contributed by atoms with Gasteiger partial charge in [-0.1, -0.05) is 30.0 Å². The summed E-state index contributed by atoms with van der Waals surface area (Å²) in [7, 11) is 1.63. The average molecular weight is 426 g/mol. The van der Waals surface area contributed by atoms with Crippen molar-refractivity contribution < 1.29 is 19.0 Å². The molecule has 1 aromatic heterocycles. The van der Waals surface area contributed by atoms with Crippen molar-refractivity contribution in [1.82, 2.24) is 20.1 Å². The summed E-state index contributed by atoms with van der Waals surface area (Å²) in [5.41, 5.74) is 1.87. The number of hydrogen-bond acceptors (Lipinski definition) is 7. The van der Waals surface area contributed by atoms with E-state index in [2.05, 4.69) is 15.5 Å². The number of nitrogens with zero attached hydrogens (tertiary/aromatic N) is 3. The highest BCUT2D eigenvalue weighted by molar-refractivity contribution is 7.99. The summed E-state index contributed by atoms with van der Waals surface area (Å²) >= 11 is 1.36. The van der Waals surface area contributed by atoms with Crippen molar-refractivity contribution in [2.45, 2.75) is 25.2 Å². The van der Waals surface area contributed by atoms with Gasteiger partial charge in [0.1, 0.15) is 5.75 Å². The molecular weight excluding hydrogens is 404 g/mol. The first-order chi connectivity index (χ1) is 14.7. The lowest BCUT2D eigenvalue weighted by Gasteiger charge is -2.09. The summed E-state index contributed by atoms with van der Waals surface area (Å²) < 4.78 is 17.9. The normalized spacial score (nSPS) is 12.1. The first-order valence-corrected chi connectivity index (χ1v) is 10.5. The van der Waals surface area contributed by atoms with Crippen molar-refractivity contribution in [1.29, 1.82) is 0 Å². The van der Waals surface area contributed by atoms with Gasteiger partial charge in [0, 0.05) is 18.7 Å². The minimum atomic E-state index is -0.0775. The number of nitrogens with one attached hydrogen (secondary N) is 1. The number of aromatic nitrogens is 3. The number of carbonyl (C=O) groups excluding carboxylic acids is 1. The number of thioether (sulfide) groups is 1. The molecule has 3 aromatic rings. The maximum Gasteiger partial charge on any atom is 0.231 e. The Labute approximate surface area is 178 Å². The third kappa shape index (κ3) is 4.35. The van der Waals surface area contributed by atoms with Crippen LogP contribution in [0.25, 0.3) is 11.4 Å². The van der Waals surface area contributed by atoms with Crippen LogP contribution in [-0.4, -0.2) is 40.3 Å². The van der Waals surface area contributed by atoms with E-state index >= 15 is 0 Å². The topological polar surface area (TPSA) is 87.5 Å². The second kappa shape index (κ2) is 9.08. The molecule has 1 aliphatic rings. The number of rotatable bonds is 8. The minimum Gasteiger partial charge on any atom is -0.497 e. The standard InChI is InChI=1S/C21H22N4O4S/c1-3-25-20(15-5-4-6-16(10-15)27-2)23-24-21(25)30-12-19(26)22-11-14-7-8-17-18(9-14)29-13-28-17/h4-10H,3,11-13H2,1-2H3,(H,22,26). The van der Waals surface area contributed by atoms with Gasteiger partial charge in [-0.15, -0.1) is 10.2 Å². The Kier molecular flexibility index (Phi) is 6.08. The van der Waals surface area contributed by atoms with Crippen molar-refractivity contribution in [3.05, 3.63) is 48.0 Å².